The second-order valence-electron chi connectivity index (χ2n) is 9.55. The number of aliphatic hydroxyl groups excluding tert-OH is 1. The standard InChI is InChI=1S/C23H38O5/c1-4-14(2)23(26)28-20-7-5-6-16-9-8-15(3)19(22(16)20)11-10-18-12-17(24)13-21(25)27-18/h14-20,22,24H,4-13H2,1-3H3/t14-,15-,16+,17+,18+,19-,20-,22-/m0/s1. The molecule has 0 unspecified atom stereocenters. The third-order valence-corrected chi connectivity index (χ3v) is 7.59. The quantitative estimate of drug-likeness (QED) is 0.682. The number of ether oxygens (including phenoxy) is 2. The molecule has 1 saturated heterocycles. The lowest BCUT2D eigenvalue weighted by molar-refractivity contribution is -0.167. The zero-order valence-electron chi connectivity index (χ0n) is 17.8. The summed E-state index contributed by atoms with van der Waals surface area (Å²) in [6.07, 6.45) is 8.37. The molecule has 0 aromatic rings. The van der Waals surface area contributed by atoms with Crippen LogP contribution in [0, 0.1) is 29.6 Å². The Bertz CT molecular complexity index is 547. The molecule has 3 aliphatic rings. The van der Waals surface area contributed by atoms with Crippen molar-refractivity contribution in [1.82, 2.24) is 0 Å². The molecule has 0 spiro atoms. The van der Waals surface area contributed by atoms with Gasteiger partial charge in [0.15, 0.2) is 0 Å². The van der Waals surface area contributed by atoms with E-state index >= 15 is 0 Å². The second kappa shape index (κ2) is 9.60. The van der Waals surface area contributed by atoms with Crippen molar-refractivity contribution in [3.8, 4) is 0 Å². The molecule has 5 nitrogen and oxygen atoms in total. The van der Waals surface area contributed by atoms with Crippen molar-refractivity contribution in [3.63, 3.8) is 0 Å². The summed E-state index contributed by atoms with van der Waals surface area (Å²) in [7, 11) is 0. The second-order valence-corrected chi connectivity index (χ2v) is 9.55. The molecule has 0 aromatic heterocycles. The Kier molecular flexibility index (Phi) is 7.41. The Labute approximate surface area is 169 Å². The molecule has 3 rings (SSSR count). The zero-order chi connectivity index (χ0) is 20.3. The third kappa shape index (κ3) is 5.08. The fourth-order valence-electron chi connectivity index (χ4n) is 5.77. The molecule has 2 saturated carbocycles. The fourth-order valence-corrected chi connectivity index (χ4v) is 5.77. The molecule has 0 bridgehead atoms. The Morgan fingerprint density at radius 3 is 2.75 bits per heavy atom. The molecule has 0 radical (unpaired) electrons. The maximum Gasteiger partial charge on any atom is 0.308 e. The van der Waals surface area contributed by atoms with Crippen molar-refractivity contribution in [2.75, 3.05) is 0 Å². The van der Waals surface area contributed by atoms with Crippen LogP contribution in [0.15, 0.2) is 0 Å². The number of fused-ring (bicyclic) bond motifs is 1. The van der Waals surface area contributed by atoms with Crippen molar-refractivity contribution in [3.05, 3.63) is 0 Å². The van der Waals surface area contributed by atoms with Crippen molar-refractivity contribution in [2.45, 2.75) is 103 Å². The van der Waals surface area contributed by atoms with Gasteiger partial charge in [0.25, 0.3) is 0 Å². The van der Waals surface area contributed by atoms with Crippen molar-refractivity contribution in [1.29, 1.82) is 0 Å². The van der Waals surface area contributed by atoms with Gasteiger partial charge in [0.2, 0.25) is 0 Å². The van der Waals surface area contributed by atoms with Crippen LogP contribution >= 0.6 is 0 Å². The lowest BCUT2D eigenvalue weighted by atomic mass is 9.59. The summed E-state index contributed by atoms with van der Waals surface area (Å²) in [6, 6.07) is 0. The normalized spacial score (nSPS) is 39.6. The van der Waals surface area contributed by atoms with Gasteiger partial charge < -0.3 is 14.6 Å². The number of hydrogen-bond donors (Lipinski definition) is 1. The van der Waals surface area contributed by atoms with Crippen molar-refractivity contribution >= 4 is 11.9 Å². The molecule has 3 fully saturated rings. The number of hydrogen-bond acceptors (Lipinski definition) is 5. The first-order valence-electron chi connectivity index (χ1n) is 11.5. The molecule has 5 heteroatoms. The Hall–Kier alpha value is -1.10. The smallest absolute Gasteiger partial charge is 0.308 e. The van der Waals surface area contributed by atoms with Gasteiger partial charge in [-0.3, -0.25) is 9.59 Å². The maximum atomic E-state index is 12.5. The molecular weight excluding hydrogens is 356 g/mol. The monoisotopic (exact) mass is 394 g/mol. The molecule has 28 heavy (non-hydrogen) atoms. The Balaban J connectivity index is 1.66. The van der Waals surface area contributed by atoms with Gasteiger partial charge in [-0.15, -0.1) is 0 Å². The Morgan fingerprint density at radius 1 is 1.25 bits per heavy atom. The highest BCUT2D eigenvalue weighted by molar-refractivity contribution is 5.72. The van der Waals surface area contributed by atoms with E-state index in [-0.39, 0.29) is 36.5 Å². The molecule has 1 aliphatic heterocycles. The highest BCUT2D eigenvalue weighted by Crippen LogP contribution is 2.49. The van der Waals surface area contributed by atoms with Gasteiger partial charge in [0.1, 0.15) is 12.2 Å². The predicted molar refractivity (Wildman–Crippen MR) is 106 cm³/mol. The summed E-state index contributed by atoms with van der Waals surface area (Å²) < 4.78 is 11.5. The van der Waals surface area contributed by atoms with Gasteiger partial charge in [-0.05, 0) is 62.7 Å². The number of rotatable bonds is 6. The van der Waals surface area contributed by atoms with Crippen molar-refractivity contribution < 1.29 is 24.2 Å². The molecule has 0 aromatic carbocycles. The van der Waals surface area contributed by atoms with E-state index in [4.69, 9.17) is 9.47 Å². The number of carbonyl (C=O) groups excluding carboxylic acids is 2. The predicted octanol–water partition coefficient (Wildman–Crippen LogP) is 4.25. The van der Waals surface area contributed by atoms with Crippen LogP contribution in [0.25, 0.3) is 0 Å². The minimum atomic E-state index is -0.568. The number of esters is 2. The topological polar surface area (TPSA) is 72.8 Å². The summed E-state index contributed by atoms with van der Waals surface area (Å²) in [5.74, 6) is 1.78. The van der Waals surface area contributed by atoms with Gasteiger partial charge in [0, 0.05) is 12.3 Å². The first-order valence-corrected chi connectivity index (χ1v) is 11.5. The molecule has 0 amide bonds. The third-order valence-electron chi connectivity index (χ3n) is 7.59. The molecular formula is C23H38O5. The van der Waals surface area contributed by atoms with Crippen LogP contribution in [0.2, 0.25) is 0 Å². The highest BCUT2D eigenvalue weighted by atomic mass is 16.5. The summed E-state index contributed by atoms with van der Waals surface area (Å²) in [5.41, 5.74) is 0. The average molecular weight is 395 g/mol. The van der Waals surface area contributed by atoms with Crippen molar-refractivity contribution in [2.24, 2.45) is 29.6 Å². The van der Waals surface area contributed by atoms with E-state index in [1.54, 1.807) is 0 Å². The van der Waals surface area contributed by atoms with Gasteiger partial charge in [-0.1, -0.05) is 27.2 Å². The lowest BCUT2D eigenvalue weighted by Gasteiger charge is -2.48. The summed E-state index contributed by atoms with van der Waals surface area (Å²) in [5, 5.41) is 9.88. The minimum Gasteiger partial charge on any atom is -0.462 e. The average Bonchev–Trinajstić information content (AvgIpc) is 2.66. The molecule has 2 aliphatic carbocycles. The number of aliphatic hydroxyl groups is 1. The van der Waals surface area contributed by atoms with E-state index in [0.717, 1.165) is 32.1 Å². The van der Waals surface area contributed by atoms with Crippen LogP contribution in [-0.2, 0) is 19.1 Å². The highest BCUT2D eigenvalue weighted by Gasteiger charge is 2.45. The Morgan fingerprint density at radius 2 is 2.04 bits per heavy atom. The largest absolute Gasteiger partial charge is 0.462 e. The van der Waals surface area contributed by atoms with Crippen LogP contribution in [0.1, 0.15) is 85.0 Å². The number of carbonyl (C=O) groups is 2. The van der Waals surface area contributed by atoms with Gasteiger partial charge in [0.05, 0.1) is 18.4 Å². The summed E-state index contributed by atoms with van der Waals surface area (Å²) in [6.45, 7) is 6.30. The first kappa shape index (κ1) is 21.6. The van der Waals surface area contributed by atoms with Gasteiger partial charge in [-0.25, -0.2) is 0 Å². The molecule has 1 N–H and O–H groups in total. The van der Waals surface area contributed by atoms with Crippen LogP contribution < -0.4 is 0 Å². The first-order chi connectivity index (χ1) is 13.4. The van der Waals surface area contributed by atoms with Crippen LogP contribution in [0.3, 0.4) is 0 Å². The van der Waals surface area contributed by atoms with Gasteiger partial charge in [-0.2, -0.15) is 0 Å². The van der Waals surface area contributed by atoms with E-state index in [1.807, 2.05) is 13.8 Å². The van der Waals surface area contributed by atoms with E-state index in [2.05, 4.69) is 6.92 Å². The maximum absolute atomic E-state index is 12.5. The van der Waals surface area contributed by atoms with Crippen LogP contribution in [0.4, 0.5) is 0 Å². The summed E-state index contributed by atoms with van der Waals surface area (Å²) >= 11 is 0. The van der Waals surface area contributed by atoms with E-state index < -0.39 is 6.10 Å². The van der Waals surface area contributed by atoms with E-state index in [0.29, 0.717) is 30.1 Å². The molecule has 1 heterocycles. The van der Waals surface area contributed by atoms with E-state index in [9.17, 15) is 14.7 Å². The van der Waals surface area contributed by atoms with E-state index in [1.165, 1.54) is 19.3 Å². The summed E-state index contributed by atoms with van der Waals surface area (Å²) in [4.78, 5) is 24.1. The SMILES string of the molecule is CC[C@H](C)C(=O)O[C@H]1CCC[C@@H]2CC[C@H](C)[C@H](CC[C@@H]3C[C@@H](O)CC(=O)O3)[C@H]21. The van der Waals surface area contributed by atoms with Crippen LogP contribution in [-0.4, -0.2) is 35.4 Å². The fraction of sp³-hybridized carbons (Fsp3) is 0.913. The van der Waals surface area contributed by atoms with Crippen LogP contribution in [0.5, 0.6) is 0 Å². The lowest BCUT2D eigenvalue weighted by Crippen LogP contribution is -2.46. The molecule has 8 atom stereocenters. The zero-order valence-corrected chi connectivity index (χ0v) is 17.8. The van der Waals surface area contributed by atoms with Gasteiger partial charge >= 0.3 is 11.9 Å². The molecule has 160 valence electrons. The number of cyclic esters (lactones) is 1. The minimum absolute atomic E-state index is 0.0347.